The minimum Gasteiger partial charge on any atom is -0.479 e. The van der Waals surface area contributed by atoms with Crippen molar-refractivity contribution in [3.8, 4) is 0 Å². The number of hydrogen-bond acceptors (Lipinski definition) is 5. The van der Waals surface area contributed by atoms with Gasteiger partial charge in [-0.05, 0) is 26.4 Å². The van der Waals surface area contributed by atoms with Crippen LogP contribution in [0.25, 0.3) is 0 Å². The Kier molecular flexibility index (Phi) is 5.32. The van der Waals surface area contributed by atoms with Gasteiger partial charge in [-0.1, -0.05) is 0 Å². The van der Waals surface area contributed by atoms with E-state index < -0.39 is 11.6 Å². The number of rotatable bonds is 5. The van der Waals surface area contributed by atoms with E-state index in [4.69, 9.17) is 10.2 Å². The van der Waals surface area contributed by atoms with Crippen LogP contribution in [-0.4, -0.2) is 82.6 Å². The third-order valence-electron chi connectivity index (χ3n) is 3.09. The Morgan fingerprint density at radius 2 is 1.82 bits per heavy atom. The maximum absolute atomic E-state index is 10.8. The lowest BCUT2D eigenvalue weighted by molar-refractivity contribution is -0.158. The summed E-state index contributed by atoms with van der Waals surface area (Å²) < 4.78 is 0. The van der Waals surface area contributed by atoms with Gasteiger partial charge in [-0.2, -0.15) is 0 Å². The van der Waals surface area contributed by atoms with Crippen molar-refractivity contribution >= 4 is 5.97 Å². The van der Waals surface area contributed by atoms with Gasteiger partial charge in [-0.25, -0.2) is 4.79 Å². The average molecular weight is 246 g/mol. The Balaban J connectivity index is 2.44. The fourth-order valence-electron chi connectivity index (χ4n) is 2.05. The third-order valence-corrected chi connectivity index (χ3v) is 3.09. The van der Waals surface area contributed by atoms with E-state index in [0.29, 0.717) is 6.54 Å². The van der Waals surface area contributed by atoms with Crippen molar-refractivity contribution in [2.75, 3.05) is 45.9 Å². The van der Waals surface area contributed by atoms with Crippen LogP contribution in [0.3, 0.4) is 0 Å². The molecule has 1 saturated heterocycles. The first-order chi connectivity index (χ1) is 7.95. The van der Waals surface area contributed by atoms with Crippen molar-refractivity contribution in [1.29, 1.82) is 0 Å². The predicted molar refractivity (Wildman–Crippen MR) is 62.8 cm³/mol. The monoisotopic (exact) mass is 246 g/mol. The molecule has 0 aromatic rings. The molecule has 1 fully saturated rings. The van der Waals surface area contributed by atoms with E-state index in [1.165, 1.54) is 6.92 Å². The number of carbonyl (C=O) groups is 1. The van der Waals surface area contributed by atoms with Crippen molar-refractivity contribution in [3.63, 3.8) is 0 Å². The van der Waals surface area contributed by atoms with Crippen LogP contribution >= 0.6 is 0 Å². The number of β-amino-alcohol motifs (C(OH)–C–C–N with tert-alkyl or cyclic N) is 2. The SMILES string of the molecule is CC(O)(CN1CCCN(CCO)CC1)C(=O)O. The molecule has 0 spiro atoms. The van der Waals surface area contributed by atoms with Crippen LogP contribution in [0.4, 0.5) is 0 Å². The fraction of sp³-hybridized carbons (Fsp3) is 0.909. The van der Waals surface area contributed by atoms with Gasteiger partial charge < -0.3 is 15.3 Å². The Morgan fingerprint density at radius 3 is 2.41 bits per heavy atom. The van der Waals surface area contributed by atoms with E-state index >= 15 is 0 Å². The normalized spacial score (nSPS) is 23.0. The zero-order valence-corrected chi connectivity index (χ0v) is 10.3. The molecule has 1 rings (SSSR count). The van der Waals surface area contributed by atoms with E-state index in [-0.39, 0.29) is 13.2 Å². The van der Waals surface area contributed by atoms with Gasteiger partial charge in [0.1, 0.15) is 0 Å². The summed E-state index contributed by atoms with van der Waals surface area (Å²) in [6.45, 7) is 5.49. The summed E-state index contributed by atoms with van der Waals surface area (Å²) in [5.74, 6) is -1.19. The highest BCUT2D eigenvalue weighted by atomic mass is 16.4. The van der Waals surface area contributed by atoms with Crippen LogP contribution < -0.4 is 0 Å². The first-order valence-electron chi connectivity index (χ1n) is 5.97. The smallest absolute Gasteiger partial charge is 0.336 e. The Labute approximate surface area is 101 Å². The van der Waals surface area contributed by atoms with E-state index in [1.54, 1.807) is 0 Å². The molecule has 1 heterocycles. The van der Waals surface area contributed by atoms with Crippen LogP contribution in [0, 0.1) is 0 Å². The molecule has 0 aromatic heterocycles. The molecule has 1 aliphatic rings. The van der Waals surface area contributed by atoms with E-state index in [2.05, 4.69) is 4.90 Å². The largest absolute Gasteiger partial charge is 0.479 e. The van der Waals surface area contributed by atoms with Gasteiger partial charge in [-0.15, -0.1) is 0 Å². The van der Waals surface area contributed by atoms with Crippen LogP contribution in [0.2, 0.25) is 0 Å². The lowest BCUT2D eigenvalue weighted by atomic mass is 10.1. The second-order valence-electron chi connectivity index (χ2n) is 4.77. The number of carboxylic acids is 1. The minimum atomic E-state index is -1.69. The molecular weight excluding hydrogens is 224 g/mol. The van der Waals surface area contributed by atoms with Gasteiger partial charge in [0.25, 0.3) is 0 Å². The molecule has 6 heteroatoms. The summed E-state index contributed by atoms with van der Waals surface area (Å²) in [7, 11) is 0. The standard InChI is InChI=1S/C11H22N2O4/c1-11(17,10(15)16)9-13-4-2-3-12(5-6-13)7-8-14/h14,17H,2-9H2,1H3,(H,15,16). The van der Waals surface area contributed by atoms with Gasteiger partial charge in [0.15, 0.2) is 5.60 Å². The summed E-state index contributed by atoms with van der Waals surface area (Å²) in [5.41, 5.74) is -1.69. The van der Waals surface area contributed by atoms with E-state index in [1.807, 2.05) is 4.90 Å². The van der Waals surface area contributed by atoms with E-state index in [9.17, 15) is 9.90 Å². The van der Waals surface area contributed by atoms with Gasteiger partial charge in [-0.3, -0.25) is 9.80 Å². The van der Waals surface area contributed by atoms with Crippen molar-refractivity contribution < 1.29 is 20.1 Å². The molecule has 1 unspecified atom stereocenters. The van der Waals surface area contributed by atoms with Gasteiger partial charge >= 0.3 is 5.97 Å². The number of aliphatic hydroxyl groups is 2. The molecule has 0 radical (unpaired) electrons. The van der Waals surface area contributed by atoms with Gasteiger partial charge in [0, 0.05) is 26.2 Å². The molecule has 0 amide bonds. The van der Waals surface area contributed by atoms with Crippen LogP contribution in [0.1, 0.15) is 13.3 Å². The van der Waals surface area contributed by atoms with Gasteiger partial charge in [0.2, 0.25) is 0 Å². The summed E-state index contributed by atoms with van der Waals surface area (Å²) in [6, 6.07) is 0. The van der Waals surface area contributed by atoms with Crippen molar-refractivity contribution in [2.24, 2.45) is 0 Å². The van der Waals surface area contributed by atoms with Crippen molar-refractivity contribution in [1.82, 2.24) is 9.80 Å². The maximum atomic E-state index is 10.8. The quantitative estimate of drug-likeness (QED) is 0.566. The van der Waals surface area contributed by atoms with E-state index in [0.717, 1.165) is 32.6 Å². The van der Waals surface area contributed by atoms with Crippen molar-refractivity contribution in [3.05, 3.63) is 0 Å². The molecule has 3 N–H and O–H groups in total. The highest BCUT2D eigenvalue weighted by molar-refractivity contribution is 5.76. The molecule has 0 aliphatic carbocycles. The molecular formula is C11H22N2O4. The zero-order chi connectivity index (χ0) is 12.9. The Morgan fingerprint density at radius 1 is 1.24 bits per heavy atom. The fourth-order valence-corrected chi connectivity index (χ4v) is 2.05. The third kappa shape index (κ3) is 4.59. The maximum Gasteiger partial charge on any atom is 0.336 e. The first kappa shape index (κ1) is 14.4. The number of aliphatic carboxylic acids is 1. The number of carboxylic acid groups (broad SMARTS) is 1. The number of nitrogens with zero attached hydrogens (tertiary/aromatic N) is 2. The number of hydrogen-bond donors (Lipinski definition) is 3. The van der Waals surface area contributed by atoms with Crippen LogP contribution in [-0.2, 0) is 4.79 Å². The molecule has 17 heavy (non-hydrogen) atoms. The summed E-state index contributed by atoms with van der Waals surface area (Å²) in [6.07, 6.45) is 0.926. The topological polar surface area (TPSA) is 84.2 Å². The molecule has 100 valence electrons. The molecule has 0 bridgehead atoms. The van der Waals surface area contributed by atoms with Gasteiger partial charge in [0.05, 0.1) is 6.61 Å². The van der Waals surface area contributed by atoms with Crippen LogP contribution in [0.5, 0.6) is 0 Å². The Bertz CT molecular complexity index is 258. The van der Waals surface area contributed by atoms with Crippen LogP contribution in [0.15, 0.2) is 0 Å². The second kappa shape index (κ2) is 6.30. The lowest BCUT2D eigenvalue weighted by Crippen LogP contribution is -2.47. The zero-order valence-electron chi connectivity index (χ0n) is 10.3. The molecule has 0 aromatic carbocycles. The number of aliphatic hydroxyl groups excluding tert-OH is 1. The molecule has 1 aliphatic heterocycles. The predicted octanol–water partition coefficient (Wildman–Crippen LogP) is -1.18. The first-order valence-corrected chi connectivity index (χ1v) is 5.97. The molecule has 0 saturated carbocycles. The summed E-state index contributed by atoms with van der Waals surface area (Å²) in [5, 5.41) is 27.4. The summed E-state index contributed by atoms with van der Waals surface area (Å²) >= 11 is 0. The van der Waals surface area contributed by atoms with Crippen molar-refractivity contribution in [2.45, 2.75) is 18.9 Å². The highest BCUT2D eigenvalue weighted by Crippen LogP contribution is 2.10. The highest BCUT2D eigenvalue weighted by Gasteiger charge is 2.32. The molecule has 6 nitrogen and oxygen atoms in total. The Hall–Kier alpha value is -0.690. The lowest BCUT2D eigenvalue weighted by Gasteiger charge is -2.27. The second-order valence-corrected chi connectivity index (χ2v) is 4.77. The summed E-state index contributed by atoms with van der Waals surface area (Å²) in [4.78, 5) is 14.9. The minimum absolute atomic E-state index is 0.146. The molecule has 1 atom stereocenters. The average Bonchev–Trinajstić information content (AvgIpc) is 2.44.